The average molecular weight is 288 g/mol. The van der Waals surface area contributed by atoms with Crippen molar-refractivity contribution in [2.24, 2.45) is 0 Å². The molecule has 0 bridgehead atoms. The number of aromatic nitrogens is 2. The highest BCUT2D eigenvalue weighted by molar-refractivity contribution is 7.98. The highest BCUT2D eigenvalue weighted by Gasteiger charge is 2.08. The smallest absolute Gasteiger partial charge is 0.138 e. The molecule has 0 unspecified atom stereocenters. The SMILES string of the molecule is COc1ccc(N)c(SCc2nnsc2Cl)c1. The summed E-state index contributed by atoms with van der Waals surface area (Å²) in [5.74, 6) is 1.43. The normalized spacial score (nSPS) is 10.5. The molecule has 0 amide bonds. The molecule has 0 saturated carbocycles. The van der Waals surface area contributed by atoms with Crippen LogP contribution in [0.1, 0.15) is 5.69 Å². The lowest BCUT2D eigenvalue weighted by molar-refractivity contribution is 0.414. The summed E-state index contributed by atoms with van der Waals surface area (Å²) in [4.78, 5) is 0.952. The summed E-state index contributed by atoms with van der Waals surface area (Å²) < 4.78 is 9.55. The minimum Gasteiger partial charge on any atom is -0.497 e. The van der Waals surface area contributed by atoms with E-state index in [4.69, 9.17) is 22.1 Å². The second-order valence-corrected chi connectivity index (χ2v) is 5.56. The van der Waals surface area contributed by atoms with Gasteiger partial charge in [-0.05, 0) is 18.2 Å². The van der Waals surface area contributed by atoms with Crippen LogP contribution in [0.15, 0.2) is 23.1 Å². The lowest BCUT2D eigenvalue weighted by atomic mass is 10.3. The topological polar surface area (TPSA) is 61.0 Å². The average Bonchev–Trinajstić information content (AvgIpc) is 2.74. The van der Waals surface area contributed by atoms with Crippen molar-refractivity contribution in [2.45, 2.75) is 10.6 Å². The first kappa shape index (κ1) is 12.5. The van der Waals surface area contributed by atoms with E-state index in [0.717, 1.165) is 22.0 Å². The zero-order valence-electron chi connectivity index (χ0n) is 9.01. The van der Waals surface area contributed by atoms with Crippen LogP contribution in [0.5, 0.6) is 5.75 Å². The molecule has 0 fully saturated rings. The van der Waals surface area contributed by atoms with Crippen molar-refractivity contribution in [2.75, 3.05) is 12.8 Å². The first-order chi connectivity index (χ1) is 8.20. The number of rotatable bonds is 4. The van der Waals surface area contributed by atoms with Crippen molar-refractivity contribution in [1.29, 1.82) is 0 Å². The molecule has 7 heteroatoms. The molecular formula is C10H10ClN3OS2. The second kappa shape index (κ2) is 5.57. The van der Waals surface area contributed by atoms with E-state index in [1.54, 1.807) is 18.9 Å². The van der Waals surface area contributed by atoms with Crippen LogP contribution in [0, 0.1) is 0 Å². The van der Waals surface area contributed by atoms with E-state index < -0.39 is 0 Å². The van der Waals surface area contributed by atoms with Gasteiger partial charge < -0.3 is 10.5 Å². The van der Waals surface area contributed by atoms with Crippen molar-refractivity contribution < 1.29 is 4.74 Å². The summed E-state index contributed by atoms with van der Waals surface area (Å²) in [7, 11) is 1.63. The van der Waals surface area contributed by atoms with Gasteiger partial charge in [0.2, 0.25) is 0 Å². The summed E-state index contributed by atoms with van der Waals surface area (Å²) in [6, 6.07) is 5.55. The maximum Gasteiger partial charge on any atom is 0.138 e. The van der Waals surface area contributed by atoms with Gasteiger partial charge in [-0.15, -0.1) is 16.9 Å². The van der Waals surface area contributed by atoms with Gasteiger partial charge in [-0.3, -0.25) is 0 Å². The molecule has 0 saturated heterocycles. The van der Waals surface area contributed by atoms with Gasteiger partial charge >= 0.3 is 0 Å². The summed E-state index contributed by atoms with van der Waals surface area (Å²) >= 11 is 8.68. The Morgan fingerprint density at radius 1 is 1.53 bits per heavy atom. The van der Waals surface area contributed by atoms with E-state index in [-0.39, 0.29) is 0 Å². The second-order valence-electron chi connectivity index (χ2n) is 3.19. The van der Waals surface area contributed by atoms with Gasteiger partial charge in [-0.1, -0.05) is 16.1 Å². The van der Waals surface area contributed by atoms with Crippen LogP contribution in [-0.2, 0) is 5.75 Å². The number of ether oxygens (including phenoxy) is 1. The van der Waals surface area contributed by atoms with Gasteiger partial charge in [0, 0.05) is 27.9 Å². The number of methoxy groups -OCH3 is 1. The molecule has 2 rings (SSSR count). The van der Waals surface area contributed by atoms with Crippen LogP contribution in [0.25, 0.3) is 0 Å². The van der Waals surface area contributed by atoms with Crippen LogP contribution in [0.2, 0.25) is 4.34 Å². The fraction of sp³-hybridized carbons (Fsp3) is 0.200. The minimum absolute atomic E-state index is 0.624. The number of nitrogen functional groups attached to an aromatic ring is 1. The van der Waals surface area contributed by atoms with E-state index in [0.29, 0.717) is 10.1 Å². The number of thioether (sulfide) groups is 1. The molecule has 17 heavy (non-hydrogen) atoms. The lowest BCUT2D eigenvalue weighted by Crippen LogP contribution is -1.91. The number of benzene rings is 1. The zero-order chi connectivity index (χ0) is 12.3. The molecule has 0 atom stereocenters. The Hall–Kier alpha value is -0.980. The minimum atomic E-state index is 0.624. The third kappa shape index (κ3) is 3.02. The van der Waals surface area contributed by atoms with Crippen LogP contribution in [-0.4, -0.2) is 16.7 Å². The van der Waals surface area contributed by atoms with Gasteiger partial charge in [0.15, 0.2) is 0 Å². The molecule has 1 aromatic heterocycles. The number of hydrogen-bond acceptors (Lipinski definition) is 6. The molecule has 90 valence electrons. The Morgan fingerprint density at radius 2 is 2.35 bits per heavy atom. The number of halogens is 1. The predicted octanol–water partition coefficient (Wildman–Crippen LogP) is 3.07. The van der Waals surface area contributed by atoms with E-state index in [1.165, 1.54) is 11.5 Å². The van der Waals surface area contributed by atoms with Gasteiger partial charge in [0.1, 0.15) is 15.8 Å². The van der Waals surface area contributed by atoms with E-state index in [2.05, 4.69) is 9.59 Å². The Balaban J connectivity index is 2.11. The van der Waals surface area contributed by atoms with Crippen molar-refractivity contribution in [3.05, 3.63) is 28.2 Å². The molecule has 1 aromatic carbocycles. The Labute approximate surface area is 112 Å². The molecule has 0 aliphatic carbocycles. The first-order valence-electron chi connectivity index (χ1n) is 4.73. The van der Waals surface area contributed by atoms with Gasteiger partial charge in [0.05, 0.1) is 7.11 Å². The third-order valence-electron chi connectivity index (χ3n) is 2.09. The van der Waals surface area contributed by atoms with Crippen molar-refractivity contribution >= 4 is 40.6 Å². The van der Waals surface area contributed by atoms with Crippen LogP contribution in [0.3, 0.4) is 0 Å². The van der Waals surface area contributed by atoms with E-state index >= 15 is 0 Å². The van der Waals surface area contributed by atoms with Crippen LogP contribution >= 0.6 is 34.9 Å². The van der Waals surface area contributed by atoms with Gasteiger partial charge in [-0.2, -0.15) is 0 Å². The Morgan fingerprint density at radius 3 is 3.00 bits per heavy atom. The Bertz CT molecular complexity index is 518. The molecule has 0 spiro atoms. The molecular weight excluding hydrogens is 278 g/mol. The van der Waals surface area contributed by atoms with Crippen molar-refractivity contribution in [1.82, 2.24) is 9.59 Å². The zero-order valence-corrected chi connectivity index (χ0v) is 11.4. The summed E-state index contributed by atoms with van der Waals surface area (Å²) in [6.07, 6.45) is 0. The molecule has 2 aromatic rings. The third-order valence-corrected chi connectivity index (χ3v) is 4.16. The number of hydrogen-bond donors (Lipinski definition) is 1. The van der Waals surface area contributed by atoms with Crippen LogP contribution < -0.4 is 10.5 Å². The highest BCUT2D eigenvalue weighted by atomic mass is 35.5. The number of nitrogens with two attached hydrogens (primary N) is 1. The Kier molecular flexibility index (Phi) is 4.09. The molecule has 1 heterocycles. The highest BCUT2D eigenvalue weighted by Crippen LogP contribution is 2.32. The maximum absolute atomic E-state index is 5.93. The van der Waals surface area contributed by atoms with Gasteiger partial charge in [0.25, 0.3) is 0 Å². The summed E-state index contributed by atoms with van der Waals surface area (Å²) in [5, 5.41) is 3.95. The monoisotopic (exact) mass is 287 g/mol. The van der Waals surface area contributed by atoms with Gasteiger partial charge in [-0.25, -0.2) is 0 Å². The van der Waals surface area contributed by atoms with E-state index in [1.807, 2.05) is 18.2 Å². The quantitative estimate of drug-likeness (QED) is 0.692. The predicted molar refractivity (Wildman–Crippen MR) is 71.9 cm³/mol. The first-order valence-corrected chi connectivity index (χ1v) is 6.87. The lowest BCUT2D eigenvalue weighted by Gasteiger charge is -2.06. The summed E-state index contributed by atoms with van der Waals surface area (Å²) in [6.45, 7) is 0. The fourth-order valence-electron chi connectivity index (χ4n) is 1.20. The van der Waals surface area contributed by atoms with Crippen LogP contribution in [0.4, 0.5) is 5.69 Å². The van der Waals surface area contributed by atoms with E-state index in [9.17, 15) is 0 Å². The molecule has 0 radical (unpaired) electrons. The molecule has 4 nitrogen and oxygen atoms in total. The largest absolute Gasteiger partial charge is 0.497 e. The maximum atomic E-state index is 5.93. The molecule has 0 aliphatic heterocycles. The number of anilines is 1. The molecule has 0 aliphatic rings. The summed E-state index contributed by atoms with van der Waals surface area (Å²) in [5.41, 5.74) is 7.38. The molecule has 2 N–H and O–H groups in total. The van der Waals surface area contributed by atoms with Crippen molar-refractivity contribution in [3.8, 4) is 5.75 Å². The standard InChI is InChI=1S/C10H10ClN3OS2/c1-15-6-2-3-7(12)9(4-6)16-5-8-10(11)17-14-13-8/h2-4H,5,12H2,1H3. The number of nitrogens with zero attached hydrogens (tertiary/aromatic N) is 2. The fourth-order valence-corrected chi connectivity index (χ4v) is 2.92. The van der Waals surface area contributed by atoms with Crippen molar-refractivity contribution in [3.63, 3.8) is 0 Å².